The van der Waals surface area contributed by atoms with Crippen molar-refractivity contribution in [1.29, 1.82) is 0 Å². The first-order chi connectivity index (χ1) is 7.72. The number of hydrogen-bond donors (Lipinski definition) is 3. The Morgan fingerprint density at radius 1 is 1.38 bits per heavy atom. The topological polar surface area (TPSA) is 52.5 Å². The molecule has 0 aliphatic heterocycles. The number of benzene rings is 1. The third kappa shape index (κ3) is 5.07. The lowest BCUT2D eigenvalue weighted by Gasteiger charge is -2.08. The average Bonchev–Trinajstić information content (AvgIpc) is 2.30. The van der Waals surface area contributed by atoms with E-state index < -0.39 is 6.10 Å². The van der Waals surface area contributed by atoms with Crippen molar-refractivity contribution in [3.8, 4) is 0 Å². The number of nitrogens with one attached hydrogen (secondary N) is 1. The highest BCUT2D eigenvalue weighted by Gasteiger charge is 1.99. The van der Waals surface area contributed by atoms with Gasteiger partial charge in [-0.1, -0.05) is 42.0 Å². The van der Waals surface area contributed by atoms with E-state index in [4.69, 9.17) is 10.2 Å². The fourth-order valence-electron chi connectivity index (χ4n) is 1.39. The molecule has 88 valence electrons. The fourth-order valence-corrected chi connectivity index (χ4v) is 1.39. The zero-order valence-electron chi connectivity index (χ0n) is 9.56. The Balaban J connectivity index is 2.35. The van der Waals surface area contributed by atoms with E-state index in [1.54, 1.807) is 0 Å². The largest absolute Gasteiger partial charge is 0.394 e. The van der Waals surface area contributed by atoms with Crippen molar-refractivity contribution in [1.82, 2.24) is 5.32 Å². The van der Waals surface area contributed by atoms with Crippen LogP contribution in [-0.2, 0) is 0 Å². The standard InChI is InChI=1S/C13H19NO2/c1-11(8-14-9-13(16)10-15)7-12-5-3-2-4-6-12/h2-7,13-16H,8-10H2,1H3/b11-7+. The first-order valence-corrected chi connectivity index (χ1v) is 5.44. The van der Waals surface area contributed by atoms with Crippen LogP contribution in [0.1, 0.15) is 12.5 Å². The highest BCUT2D eigenvalue weighted by molar-refractivity contribution is 5.52. The van der Waals surface area contributed by atoms with E-state index in [0.717, 1.165) is 0 Å². The maximum Gasteiger partial charge on any atom is 0.0895 e. The Hall–Kier alpha value is -1.16. The van der Waals surface area contributed by atoms with Crippen molar-refractivity contribution in [3.05, 3.63) is 41.5 Å². The molecular weight excluding hydrogens is 202 g/mol. The molecule has 1 aromatic carbocycles. The maximum absolute atomic E-state index is 9.13. The maximum atomic E-state index is 9.13. The molecule has 3 N–H and O–H groups in total. The predicted octanol–water partition coefficient (Wildman–Crippen LogP) is 1.03. The van der Waals surface area contributed by atoms with Crippen LogP contribution in [0.5, 0.6) is 0 Å². The Labute approximate surface area is 96.4 Å². The molecule has 0 radical (unpaired) electrons. The summed E-state index contributed by atoms with van der Waals surface area (Å²) in [6.07, 6.45) is 1.42. The van der Waals surface area contributed by atoms with Gasteiger partial charge in [-0.25, -0.2) is 0 Å². The van der Waals surface area contributed by atoms with Gasteiger partial charge in [0.2, 0.25) is 0 Å². The molecule has 0 aromatic heterocycles. The van der Waals surface area contributed by atoms with Crippen molar-refractivity contribution < 1.29 is 10.2 Å². The summed E-state index contributed by atoms with van der Waals surface area (Å²) in [6, 6.07) is 10.1. The molecule has 3 heteroatoms. The lowest BCUT2D eigenvalue weighted by atomic mass is 10.1. The Morgan fingerprint density at radius 2 is 2.06 bits per heavy atom. The minimum atomic E-state index is -0.676. The molecule has 16 heavy (non-hydrogen) atoms. The van der Waals surface area contributed by atoms with Gasteiger partial charge in [0.15, 0.2) is 0 Å². The van der Waals surface area contributed by atoms with Crippen LogP contribution in [0, 0.1) is 0 Å². The molecule has 1 aromatic rings. The number of hydrogen-bond acceptors (Lipinski definition) is 3. The van der Waals surface area contributed by atoms with Gasteiger partial charge < -0.3 is 15.5 Å². The molecule has 1 unspecified atom stereocenters. The molecule has 0 amide bonds. The van der Waals surface area contributed by atoms with Crippen molar-refractivity contribution in [2.24, 2.45) is 0 Å². The van der Waals surface area contributed by atoms with Gasteiger partial charge in [0.25, 0.3) is 0 Å². The second-order valence-corrected chi connectivity index (χ2v) is 3.87. The van der Waals surface area contributed by atoms with Crippen molar-refractivity contribution in [2.75, 3.05) is 19.7 Å². The highest BCUT2D eigenvalue weighted by Crippen LogP contribution is 2.04. The van der Waals surface area contributed by atoms with Gasteiger partial charge in [-0.15, -0.1) is 0 Å². The van der Waals surface area contributed by atoms with E-state index >= 15 is 0 Å². The third-order valence-electron chi connectivity index (χ3n) is 2.21. The first kappa shape index (κ1) is 12.9. The van der Waals surface area contributed by atoms with Crippen LogP contribution in [0.4, 0.5) is 0 Å². The van der Waals surface area contributed by atoms with E-state index in [-0.39, 0.29) is 6.61 Å². The van der Waals surface area contributed by atoms with Crippen LogP contribution in [-0.4, -0.2) is 36.0 Å². The van der Waals surface area contributed by atoms with Crippen molar-refractivity contribution in [2.45, 2.75) is 13.0 Å². The molecule has 0 aliphatic carbocycles. The quantitative estimate of drug-likeness (QED) is 0.672. The molecule has 0 saturated carbocycles. The lowest BCUT2D eigenvalue weighted by molar-refractivity contribution is 0.0952. The molecule has 0 spiro atoms. The van der Waals surface area contributed by atoms with Crippen LogP contribution in [0.25, 0.3) is 6.08 Å². The second-order valence-electron chi connectivity index (χ2n) is 3.87. The van der Waals surface area contributed by atoms with E-state index in [0.29, 0.717) is 13.1 Å². The summed E-state index contributed by atoms with van der Waals surface area (Å²) in [5.41, 5.74) is 2.36. The monoisotopic (exact) mass is 221 g/mol. The summed E-state index contributed by atoms with van der Waals surface area (Å²) in [4.78, 5) is 0. The van der Waals surface area contributed by atoms with Gasteiger partial charge in [-0.05, 0) is 12.5 Å². The van der Waals surface area contributed by atoms with Crippen molar-refractivity contribution in [3.63, 3.8) is 0 Å². The van der Waals surface area contributed by atoms with Gasteiger partial charge in [0.05, 0.1) is 12.7 Å². The number of aliphatic hydroxyl groups is 2. The predicted molar refractivity (Wildman–Crippen MR) is 66.1 cm³/mol. The van der Waals surface area contributed by atoms with Crippen LogP contribution >= 0.6 is 0 Å². The van der Waals surface area contributed by atoms with Crippen LogP contribution in [0.15, 0.2) is 35.9 Å². The molecule has 0 heterocycles. The van der Waals surface area contributed by atoms with E-state index in [1.165, 1.54) is 11.1 Å². The Bertz CT molecular complexity index is 322. The molecule has 0 fully saturated rings. The van der Waals surface area contributed by atoms with Gasteiger partial charge in [-0.2, -0.15) is 0 Å². The van der Waals surface area contributed by atoms with Gasteiger partial charge in [0.1, 0.15) is 0 Å². The van der Waals surface area contributed by atoms with Crippen molar-refractivity contribution >= 4 is 6.08 Å². The summed E-state index contributed by atoms with van der Waals surface area (Å²) < 4.78 is 0. The highest BCUT2D eigenvalue weighted by atomic mass is 16.3. The Morgan fingerprint density at radius 3 is 2.69 bits per heavy atom. The molecular formula is C13H19NO2. The van der Waals surface area contributed by atoms with Crippen LogP contribution in [0.3, 0.4) is 0 Å². The molecule has 1 rings (SSSR count). The number of aliphatic hydroxyl groups excluding tert-OH is 2. The smallest absolute Gasteiger partial charge is 0.0895 e. The summed E-state index contributed by atoms with van der Waals surface area (Å²) in [5.74, 6) is 0. The summed E-state index contributed by atoms with van der Waals surface area (Å²) >= 11 is 0. The zero-order valence-corrected chi connectivity index (χ0v) is 9.56. The van der Waals surface area contributed by atoms with Gasteiger partial charge in [0, 0.05) is 13.1 Å². The molecule has 3 nitrogen and oxygen atoms in total. The average molecular weight is 221 g/mol. The third-order valence-corrected chi connectivity index (χ3v) is 2.21. The SMILES string of the molecule is C/C(=C\c1ccccc1)CNCC(O)CO. The first-order valence-electron chi connectivity index (χ1n) is 5.44. The van der Waals surface area contributed by atoms with Gasteiger partial charge >= 0.3 is 0 Å². The van der Waals surface area contributed by atoms with E-state index in [1.807, 2.05) is 37.3 Å². The molecule has 0 saturated heterocycles. The van der Waals surface area contributed by atoms with Gasteiger partial charge in [-0.3, -0.25) is 0 Å². The van der Waals surface area contributed by atoms with E-state index in [9.17, 15) is 0 Å². The summed E-state index contributed by atoms with van der Waals surface area (Å²) in [7, 11) is 0. The minimum absolute atomic E-state index is 0.200. The van der Waals surface area contributed by atoms with E-state index in [2.05, 4.69) is 11.4 Å². The lowest BCUT2D eigenvalue weighted by Crippen LogP contribution is -2.30. The Kier molecular flexibility index (Phi) is 5.78. The normalized spacial score (nSPS) is 13.8. The van der Waals surface area contributed by atoms with Crippen LogP contribution < -0.4 is 5.32 Å². The summed E-state index contributed by atoms with van der Waals surface area (Å²) in [6.45, 7) is 2.96. The molecule has 0 bridgehead atoms. The molecule has 1 atom stereocenters. The summed E-state index contributed by atoms with van der Waals surface area (Å²) in [5, 5.41) is 20.8. The fraction of sp³-hybridized carbons (Fsp3) is 0.385. The molecule has 0 aliphatic rings. The number of rotatable bonds is 6. The minimum Gasteiger partial charge on any atom is -0.394 e. The second kappa shape index (κ2) is 7.17. The van der Waals surface area contributed by atoms with Crippen LogP contribution in [0.2, 0.25) is 0 Å². The zero-order chi connectivity index (χ0) is 11.8.